The lowest BCUT2D eigenvalue weighted by atomic mass is 9.91. The number of aliphatic imine (C=N–C) groups is 1. The van der Waals surface area contributed by atoms with Crippen molar-refractivity contribution >= 4 is 75.9 Å². The third kappa shape index (κ3) is 20.4. The van der Waals surface area contributed by atoms with E-state index in [1.807, 2.05) is 0 Å². The summed E-state index contributed by atoms with van der Waals surface area (Å²) in [6.45, 7) is 3.78. The fourth-order valence-electron chi connectivity index (χ4n) is 11.6. The normalized spacial score (nSPS) is 21.5. The van der Waals surface area contributed by atoms with Gasteiger partial charge < -0.3 is 110 Å². The molecule has 3 saturated heterocycles. The smallest absolute Gasteiger partial charge is 0.245 e. The quantitative estimate of drug-likeness (QED) is 0.0120. The van der Waals surface area contributed by atoms with Gasteiger partial charge in [0.2, 0.25) is 59.1 Å². The van der Waals surface area contributed by atoms with Gasteiger partial charge in [-0.2, -0.15) is 0 Å². The summed E-state index contributed by atoms with van der Waals surface area (Å²) in [5, 5.41) is 88.3. The number of imidazole rings is 1. The number of aromatic nitrogens is 3. The van der Waals surface area contributed by atoms with E-state index < -0.39 is 158 Å². The Morgan fingerprint density at radius 2 is 1.33 bits per heavy atom. The van der Waals surface area contributed by atoms with Gasteiger partial charge in [0.05, 0.1) is 25.6 Å². The lowest BCUT2D eigenvalue weighted by Crippen LogP contribution is -2.63. The lowest BCUT2D eigenvalue weighted by molar-refractivity contribution is -0.231. The number of hydrogen-bond acceptors (Lipinski definition) is 19. The number of likely N-dealkylation sites (tertiary alicyclic amines) is 1. The van der Waals surface area contributed by atoms with Crippen LogP contribution in [0.1, 0.15) is 89.0 Å². The number of likely N-dealkylation sites (N-methyl/N-ethyl adjacent to an activating group) is 1. The predicted molar refractivity (Wildman–Crippen MR) is 339 cm³/mol. The molecule has 95 heavy (non-hydrogen) atoms. The topological polar surface area (TPSA) is 522 Å². The summed E-state index contributed by atoms with van der Waals surface area (Å²) in [5.74, 6) is -8.93. The fourth-order valence-corrected chi connectivity index (χ4v) is 11.6. The number of aliphatic hydroxyl groups is 5. The molecule has 3 fully saturated rings. The number of benzene rings is 2. The Labute approximate surface area is 546 Å². The van der Waals surface area contributed by atoms with Crippen LogP contribution in [0.4, 0.5) is 0 Å². The molecule has 3 aliphatic heterocycles. The minimum Gasteiger partial charge on any atom is -0.508 e. The zero-order chi connectivity index (χ0) is 69.0. The molecule has 7 rings (SSSR count). The molecular weight excluding hydrogens is 1240 g/mol. The molecular formula is C62H88N16O17. The fraction of sp³-hybridized carbons (Fsp3) is 0.548. The molecule has 0 radical (unpaired) electrons. The monoisotopic (exact) mass is 1330 g/mol. The van der Waals surface area contributed by atoms with Gasteiger partial charge in [0.15, 0.2) is 5.96 Å². The van der Waals surface area contributed by atoms with Crippen molar-refractivity contribution in [3.8, 4) is 5.75 Å². The van der Waals surface area contributed by atoms with E-state index in [9.17, 15) is 73.8 Å². The molecule has 0 bridgehead atoms. The van der Waals surface area contributed by atoms with Crippen molar-refractivity contribution in [1.82, 2.24) is 67.7 Å². The Hall–Kier alpha value is -9.28. The van der Waals surface area contributed by atoms with E-state index in [1.165, 1.54) is 41.7 Å². The molecule has 21 N–H and O–H groups in total. The van der Waals surface area contributed by atoms with Crippen molar-refractivity contribution in [2.75, 3.05) is 32.8 Å². The van der Waals surface area contributed by atoms with Gasteiger partial charge in [0.25, 0.3) is 0 Å². The number of carbonyl (C=O) groups excluding carboxylic acids is 10. The van der Waals surface area contributed by atoms with Crippen molar-refractivity contribution in [3.63, 3.8) is 0 Å². The molecule has 33 nitrogen and oxygen atoms in total. The number of carbonyl (C=O) groups is 10. The Morgan fingerprint density at radius 3 is 1.96 bits per heavy atom. The average molecular weight is 1330 g/mol. The lowest BCUT2D eigenvalue weighted by Gasteiger charge is -2.41. The van der Waals surface area contributed by atoms with Gasteiger partial charge in [0.1, 0.15) is 84.5 Å². The maximum Gasteiger partial charge on any atom is 0.245 e. The molecule has 4 aromatic rings. The van der Waals surface area contributed by atoms with Crippen LogP contribution in [-0.2, 0) is 71.9 Å². The van der Waals surface area contributed by atoms with Crippen molar-refractivity contribution < 1.29 is 83.3 Å². The highest BCUT2D eigenvalue weighted by atomic mass is 16.5. The van der Waals surface area contributed by atoms with Gasteiger partial charge in [-0.3, -0.25) is 52.9 Å². The number of nitrogens with one attached hydrogen (secondary N) is 11. The maximum absolute atomic E-state index is 15.0. The number of aromatic amines is 2. The second-order valence-corrected chi connectivity index (χ2v) is 24.3. The molecule has 0 saturated carbocycles. The number of amides is 10. The van der Waals surface area contributed by atoms with Gasteiger partial charge >= 0.3 is 0 Å². The van der Waals surface area contributed by atoms with E-state index in [-0.39, 0.29) is 87.5 Å². The summed E-state index contributed by atoms with van der Waals surface area (Å²) in [5.41, 5.74) is 13.0. The molecule has 2 aromatic heterocycles. The van der Waals surface area contributed by atoms with E-state index in [0.717, 1.165) is 0 Å². The molecule has 0 spiro atoms. The second-order valence-electron chi connectivity index (χ2n) is 24.3. The summed E-state index contributed by atoms with van der Waals surface area (Å²) < 4.78 is 5.79. The van der Waals surface area contributed by atoms with E-state index in [2.05, 4.69) is 67.8 Å². The number of guanidine groups is 1. The molecule has 3 aliphatic rings. The van der Waals surface area contributed by atoms with Crippen molar-refractivity contribution in [2.45, 2.75) is 176 Å². The summed E-state index contributed by atoms with van der Waals surface area (Å²) in [4.78, 5) is 157. The van der Waals surface area contributed by atoms with E-state index in [1.54, 1.807) is 51.2 Å². The summed E-state index contributed by atoms with van der Waals surface area (Å²) in [7, 11) is 0. The highest BCUT2D eigenvalue weighted by molar-refractivity contribution is 5.99. The number of aromatic hydroxyl groups is 1. The molecule has 2 aromatic carbocycles. The zero-order valence-corrected chi connectivity index (χ0v) is 53.0. The van der Waals surface area contributed by atoms with Crippen molar-refractivity contribution in [3.05, 3.63) is 84.1 Å². The number of aliphatic hydroxyl groups excluding tert-OH is 5. The van der Waals surface area contributed by atoms with Gasteiger partial charge in [0, 0.05) is 80.7 Å². The van der Waals surface area contributed by atoms with Gasteiger partial charge in [-0.05, 0) is 80.7 Å². The Morgan fingerprint density at radius 1 is 0.716 bits per heavy atom. The highest BCUT2D eigenvalue weighted by Crippen LogP contribution is 2.26. The van der Waals surface area contributed by atoms with E-state index in [0.29, 0.717) is 47.1 Å². The van der Waals surface area contributed by atoms with Crippen LogP contribution in [0.25, 0.3) is 10.9 Å². The first-order valence-electron chi connectivity index (χ1n) is 31.6. The van der Waals surface area contributed by atoms with Crippen LogP contribution in [0.3, 0.4) is 0 Å². The third-order valence-electron chi connectivity index (χ3n) is 16.7. The van der Waals surface area contributed by atoms with Crippen molar-refractivity contribution in [1.29, 1.82) is 0 Å². The van der Waals surface area contributed by atoms with Crippen molar-refractivity contribution in [2.24, 2.45) is 22.4 Å². The van der Waals surface area contributed by atoms with E-state index >= 15 is 4.79 Å². The number of H-pyrrole nitrogens is 2. The molecule has 33 heteroatoms. The average Bonchev–Trinajstić information content (AvgIpc) is 1.70. The number of phenolic OH excluding ortho intramolecular Hbond substituents is 1. The number of ether oxygens (including phenoxy) is 1. The van der Waals surface area contributed by atoms with Crippen LogP contribution in [0, 0.1) is 5.92 Å². The Kier molecular flexibility index (Phi) is 26.8. The Bertz CT molecular complexity index is 3330. The molecule has 518 valence electrons. The first-order valence-corrected chi connectivity index (χ1v) is 31.6. The summed E-state index contributed by atoms with van der Waals surface area (Å²) in [6, 6.07) is -0.519. The van der Waals surface area contributed by atoms with Crippen LogP contribution in [0.2, 0.25) is 0 Å². The first kappa shape index (κ1) is 73.1. The van der Waals surface area contributed by atoms with Crippen LogP contribution < -0.4 is 59.3 Å². The Balaban J connectivity index is 1.17. The summed E-state index contributed by atoms with van der Waals surface area (Å²) in [6.07, 6.45) is -4.84. The number of rotatable bonds is 33. The van der Waals surface area contributed by atoms with Crippen LogP contribution in [0.5, 0.6) is 5.75 Å². The van der Waals surface area contributed by atoms with Crippen LogP contribution in [-0.4, -0.2) is 233 Å². The molecule has 10 amide bonds. The van der Waals surface area contributed by atoms with Gasteiger partial charge in [-0.15, -0.1) is 0 Å². The number of nitrogens with two attached hydrogens (primary N) is 2. The molecule has 14 atom stereocenters. The minimum atomic E-state index is -1.96. The number of nitrogens with zero attached hydrogens (tertiary/aromatic N) is 3. The number of fused-ring (bicyclic) bond motifs is 1. The SMILES string of the molecule is CCNC(=O)[C@@H]1CCCN1C(=O)[C@H](CCCN=C(N)N)NC(=O)[C@H](CC(C)C)NC(=O)[C@@H](C[C@H]1O[C@H](CO)[C@H](O)[C@H](O)[C@H]1O)NC(=O)[C@H](Cc1ccc(O)cc1)NC(=O)[C@H](CO)NC(=O)[C@H](Cc1c[nH]c2ccccc12)NC(=O)[C@H](Cc1cnc[nH]1)NC(=O)[C@@H]1CCC(=O)N1. The number of phenols is 1. The molecule has 5 heterocycles. The third-order valence-corrected chi connectivity index (χ3v) is 16.7. The largest absolute Gasteiger partial charge is 0.508 e. The number of hydrogen-bond donors (Lipinski definition) is 19. The minimum absolute atomic E-state index is 0.0199. The number of para-hydroxylation sites is 1. The van der Waals surface area contributed by atoms with Crippen LogP contribution in [0.15, 0.2) is 72.2 Å². The standard InChI is InChI=1S/C62H88N16O17/c1-4-66-60(93)46-12-8-20-78(46)61(94)39(11-7-19-67-62(63)64)71-54(87)40(21-31(2)3)72-58(91)44(25-47-50(83)52(85)51(84)48(29-80)95-47)76-55(88)41(22-32-13-15-35(81)16-14-32)73-59(92)45(28-79)77-56(89)42(23-33-26-68-37-10-6-5-9-36(33)37)74-57(90)43(24-34-27-65-30-69-34)75-53(86)38-17-18-49(82)70-38/h5-6,9-10,13-16,26-27,30-31,38-48,50-52,68,79-81,83-85H,4,7-8,11-12,17-25,28-29H2,1-3H3,(H,65,69)(H,66,93)(H,70,82)(H,71,87)(H,72,91)(H,73,92)(H,74,90)(H,75,86)(H,76,88)(H,77,89)(H4,63,64,67)/t38-,39-,40-,41-,42-,43-,44+,45-,46-,47+,48+,50-,51-,52+/m0/s1. The molecule has 0 unspecified atom stereocenters. The maximum atomic E-state index is 15.0. The second kappa shape index (κ2) is 34.8. The van der Waals surface area contributed by atoms with Crippen LogP contribution >= 0.6 is 0 Å². The van der Waals surface area contributed by atoms with Gasteiger partial charge in [-0.1, -0.05) is 44.2 Å². The van der Waals surface area contributed by atoms with Gasteiger partial charge in [-0.25, -0.2) is 4.98 Å². The predicted octanol–water partition coefficient (Wildman–Crippen LogP) is -5.25. The molecule has 0 aliphatic carbocycles. The van der Waals surface area contributed by atoms with E-state index in [4.69, 9.17) is 16.2 Å². The highest BCUT2D eigenvalue weighted by Gasteiger charge is 2.46. The zero-order valence-electron chi connectivity index (χ0n) is 53.0. The summed E-state index contributed by atoms with van der Waals surface area (Å²) >= 11 is 0. The first-order chi connectivity index (χ1) is 45.4.